The van der Waals surface area contributed by atoms with Gasteiger partial charge in [0.05, 0.1) is 19.5 Å². The smallest absolute Gasteiger partial charge is 0.254 e. The third-order valence-corrected chi connectivity index (χ3v) is 6.67. The Morgan fingerprint density at radius 2 is 1.69 bits per heavy atom. The van der Waals surface area contributed by atoms with Crippen molar-refractivity contribution in [1.82, 2.24) is 9.21 Å². The van der Waals surface area contributed by atoms with E-state index in [2.05, 4.69) is 0 Å². The van der Waals surface area contributed by atoms with Gasteiger partial charge >= 0.3 is 0 Å². The quantitative estimate of drug-likeness (QED) is 0.690. The van der Waals surface area contributed by atoms with Gasteiger partial charge in [0.25, 0.3) is 5.91 Å². The van der Waals surface area contributed by atoms with E-state index in [0.717, 1.165) is 5.56 Å². The molecule has 156 valence electrons. The Kier molecular flexibility index (Phi) is 6.76. The number of nitrogens with zero attached hydrogens (tertiary/aromatic N) is 2. The molecule has 0 atom stereocenters. The molecule has 0 unspecified atom stereocenters. The summed E-state index contributed by atoms with van der Waals surface area (Å²) in [7, 11) is -1.86. The molecule has 3 rings (SSSR count). The molecule has 1 fully saturated rings. The molecule has 8 heteroatoms. The molecule has 0 spiro atoms. The molecule has 0 aliphatic carbocycles. The number of piperazine rings is 1. The second-order valence-electron chi connectivity index (χ2n) is 6.73. The van der Waals surface area contributed by atoms with Crippen LogP contribution < -0.4 is 9.47 Å². The van der Waals surface area contributed by atoms with Crippen molar-refractivity contribution in [1.29, 1.82) is 0 Å². The Hall–Kier alpha value is -2.58. The van der Waals surface area contributed by atoms with Gasteiger partial charge in [0.2, 0.25) is 10.0 Å². The van der Waals surface area contributed by atoms with E-state index in [1.807, 2.05) is 25.1 Å². The van der Waals surface area contributed by atoms with E-state index in [-0.39, 0.29) is 24.7 Å². The van der Waals surface area contributed by atoms with Crippen molar-refractivity contribution >= 4 is 15.9 Å². The van der Waals surface area contributed by atoms with Gasteiger partial charge in [-0.25, -0.2) is 8.42 Å². The molecule has 0 radical (unpaired) electrons. The molecule has 0 saturated carbocycles. The molecule has 0 bridgehead atoms. The number of sulfonamides is 1. The van der Waals surface area contributed by atoms with Crippen molar-refractivity contribution < 1.29 is 22.7 Å². The van der Waals surface area contributed by atoms with Crippen LogP contribution in [-0.2, 0) is 15.8 Å². The minimum Gasteiger partial charge on any atom is -0.493 e. The first kappa shape index (κ1) is 21.1. The number of carbonyl (C=O) groups excluding carboxylic acids is 1. The van der Waals surface area contributed by atoms with E-state index in [4.69, 9.17) is 9.47 Å². The maximum absolute atomic E-state index is 12.9. The number of carbonyl (C=O) groups is 1. The van der Waals surface area contributed by atoms with Gasteiger partial charge in [-0.05, 0) is 30.7 Å². The zero-order valence-corrected chi connectivity index (χ0v) is 17.5. The van der Waals surface area contributed by atoms with Crippen LogP contribution in [0.1, 0.15) is 22.8 Å². The van der Waals surface area contributed by atoms with Gasteiger partial charge in [0.15, 0.2) is 11.5 Å². The van der Waals surface area contributed by atoms with Crippen LogP contribution in [0.25, 0.3) is 0 Å². The molecule has 2 aromatic rings. The van der Waals surface area contributed by atoms with Crippen LogP contribution in [0.3, 0.4) is 0 Å². The number of hydrogen-bond donors (Lipinski definition) is 0. The first-order chi connectivity index (χ1) is 13.9. The van der Waals surface area contributed by atoms with Gasteiger partial charge in [0, 0.05) is 31.7 Å². The van der Waals surface area contributed by atoms with Gasteiger partial charge in [-0.15, -0.1) is 0 Å². The third-order valence-electron chi connectivity index (χ3n) is 4.82. The van der Waals surface area contributed by atoms with E-state index in [0.29, 0.717) is 36.8 Å². The minimum absolute atomic E-state index is 0.0298. The lowest BCUT2D eigenvalue weighted by Gasteiger charge is -2.34. The fourth-order valence-corrected chi connectivity index (χ4v) is 4.82. The summed E-state index contributed by atoms with van der Waals surface area (Å²) in [6.45, 7) is 3.60. The molecule has 1 saturated heterocycles. The molecule has 0 N–H and O–H groups in total. The molecule has 1 amide bonds. The highest BCUT2D eigenvalue weighted by atomic mass is 32.2. The summed E-state index contributed by atoms with van der Waals surface area (Å²) in [5.41, 5.74) is 1.25. The van der Waals surface area contributed by atoms with Crippen LogP contribution in [0.15, 0.2) is 48.5 Å². The number of amides is 1. The molecule has 2 aromatic carbocycles. The monoisotopic (exact) mass is 418 g/mol. The topological polar surface area (TPSA) is 76.2 Å². The van der Waals surface area contributed by atoms with E-state index in [9.17, 15) is 13.2 Å². The molecule has 1 aliphatic rings. The number of rotatable bonds is 7. The Labute approximate surface area is 171 Å². The SMILES string of the molecule is CCOc1cc(C(=O)N2CCN(S(=O)(=O)Cc3ccccc3)CC2)ccc1OC. The lowest BCUT2D eigenvalue weighted by molar-refractivity contribution is 0.0697. The summed E-state index contributed by atoms with van der Waals surface area (Å²) < 4.78 is 37.6. The predicted octanol–water partition coefficient (Wildman–Crippen LogP) is 2.38. The fraction of sp³-hybridized carbons (Fsp3) is 0.381. The molecular formula is C21H26N2O5S. The van der Waals surface area contributed by atoms with Gasteiger partial charge in [-0.1, -0.05) is 30.3 Å². The summed E-state index contributed by atoms with van der Waals surface area (Å²) in [5.74, 6) is 0.914. The highest BCUT2D eigenvalue weighted by molar-refractivity contribution is 7.88. The summed E-state index contributed by atoms with van der Waals surface area (Å²) in [4.78, 5) is 14.5. The van der Waals surface area contributed by atoms with Crippen molar-refractivity contribution in [2.45, 2.75) is 12.7 Å². The first-order valence-electron chi connectivity index (χ1n) is 9.56. The summed E-state index contributed by atoms with van der Waals surface area (Å²) in [6, 6.07) is 14.2. The average molecular weight is 419 g/mol. The van der Waals surface area contributed by atoms with Crippen LogP contribution in [0.5, 0.6) is 11.5 Å². The van der Waals surface area contributed by atoms with Crippen molar-refractivity contribution in [3.05, 3.63) is 59.7 Å². The lowest BCUT2D eigenvalue weighted by Crippen LogP contribution is -2.50. The van der Waals surface area contributed by atoms with Crippen molar-refractivity contribution in [2.75, 3.05) is 39.9 Å². The first-order valence-corrected chi connectivity index (χ1v) is 11.2. The molecule has 0 aromatic heterocycles. The van der Waals surface area contributed by atoms with Crippen LogP contribution in [0, 0.1) is 0 Å². The Balaban J connectivity index is 1.64. The fourth-order valence-electron chi connectivity index (χ4n) is 3.31. The molecule has 29 heavy (non-hydrogen) atoms. The average Bonchev–Trinajstić information content (AvgIpc) is 2.74. The maximum Gasteiger partial charge on any atom is 0.254 e. The predicted molar refractivity (Wildman–Crippen MR) is 111 cm³/mol. The van der Waals surface area contributed by atoms with Crippen LogP contribution in [-0.4, -0.2) is 63.4 Å². The van der Waals surface area contributed by atoms with E-state index < -0.39 is 10.0 Å². The van der Waals surface area contributed by atoms with Gasteiger partial charge in [-0.3, -0.25) is 4.79 Å². The van der Waals surface area contributed by atoms with Gasteiger partial charge in [-0.2, -0.15) is 4.31 Å². The van der Waals surface area contributed by atoms with Crippen molar-refractivity contribution in [3.8, 4) is 11.5 Å². The van der Waals surface area contributed by atoms with Gasteiger partial charge in [0.1, 0.15) is 0 Å². The Bertz CT molecular complexity index is 939. The van der Waals surface area contributed by atoms with E-state index in [1.54, 1.807) is 42.3 Å². The number of ether oxygens (including phenoxy) is 2. The molecule has 7 nitrogen and oxygen atoms in total. The molecular weight excluding hydrogens is 392 g/mol. The van der Waals surface area contributed by atoms with Gasteiger partial charge < -0.3 is 14.4 Å². The highest BCUT2D eigenvalue weighted by Crippen LogP contribution is 2.28. The number of methoxy groups -OCH3 is 1. The molecule has 1 heterocycles. The summed E-state index contributed by atoms with van der Waals surface area (Å²) in [5, 5.41) is 0. The number of benzene rings is 2. The van der Waals surface area contributed by atoms with Crippen molar-refractivity contribution in [3.63, 3.8) is 0 Å². The van der Waals surface area contributed by atoms with Crippen LogP contribution >= 0.6 is 0 Å². The molecule has 1 aliphatic heterocycles. The van der Waals surface area contributed by atoms with E-state index >= 15 is 0 Å². The maximum atomic E-state index is 12.9. The second-order valence-corrected chi connectivity index (χ2v) is 8.70. The zero-order valence-electron chi connectivity index (χ0n) is 16.7. The third kappa shape index (κ3) is 5.07. The Morgan fingerprint density at radius 3 is 2.31 bits per heavy atom. The highest BCUT2D eigenvalue weighted by Gasteiger charge is 2.29. The van der Waals surface area contributed by atoms with Crippen molar-refractivity contribution in [2.24, 2.45) is 0 Å². The van der Waals surface area contributed by atoms with Crippen LogP contribution in [0.4, 0.5) is 0 Å². The standard InChI is InChI=1S/C21H26N2O5S/c1-3-28-20-15-18(9-10-19(20)27-2)21(24)22-11-13-23(14-12-22)29(25,26)16-17-7-5-4-6-8-17/h4-10,15H,3,11-14,16H2,1-2H3. The largest absolute Gasteiger partial charge is 0.493 e. The second kappa shape index (κ2) is 9.28. The lowest BCUT2D eigenvalue weighted by atomic mass is 10.1. The summed E-state index contributed by atoms with van der Waals surface area (Å²) in [6.07, 6.45) is 0. The summed E-state index contributed by atoms with van der Waals surface area (Å²) >= 11 is 0. The van der Waals surface area contributed by atoms with E-state index in [1.165, 1.54) is 4.31 Å². The number of hydrogen-bond acceptors (Lipinski definition) is 5. The zero-order chi connectivity index (χ0) is 20.9. The normalized spacial score (nSPS) is 15.2. The van der Waals surface area contributed by atoms with Crippen LogP contribution in [0.2, 0.25) is 0 Å². The Morgan fingerprint density at radius 1 is 1.00 bits per heavy atom. The minimum atomic E-state index is -3.41.